The third kappa shape index (κ3) is 4.37. The Morgan fingerprint density at radius 3 is 2.12 bits per heavy atom. The Morgan fingerprint density at radius 2 is 1.47 bits per heavy atom. The molecular weight excluding hydrogens is 453 g/mol. The van der Waals surface area contributed by atoms with Crippen molar-refractivity contribution in [1.82, 2.24) is 0 Å². The number of hydrogen-bond acceptors (Lipinski definition) is 5. The third-order valence-corrected chi connectivity index (χ3v) is 6.03. The number of anilines is 2. The number of carbonyl (C=O) groups excluding carboxylic acids is 3. The van der Waals surface area contributed by atoms with E-state index in [0.717, 1.165) is 17.8 Å². The first-order chi connectivity index (χ1) is 15.3. The lowest BCUT2D eigenvalue weighted by atomic mass is 9.93. The molecule has 6 nitrogen and oxygen atoms in total. The minimum Gasteiger partial charge on any atom is -0.395 e. The monoisotopic (exact) mass is 467 g/mol. The van der Waals surface area contributed by atoms with Crippen LogP contribution in [0.25, 0.3) is 0 Å². The molecule has 9 heteroatoms. The van der Waals surface area contributed by atoms with Gasteiger partial charge in [-0.1, -0.05) is 47.6 Å². The summed E-state index contributed by atoms with van der Waals surface area (Å²) in [5.41, 5.74) is 7.31. The summed E-state index contributed by atoms with van der Waals surface area (Å²) >= 11 is 6.79. The third-order valence-electron chi connectivity index (χ3n) is 4.62. The maximum Gasteiger partial charge on any atom is 0.323 e. The Kier molecular flexibility index (Phi) is 5.98. The Hall–Kier alpha value is -3.62. The molecular formula is C23H15ClFN3O3S. The van der Waals surface area contributed by atoms with Gasteiger partial charge in [0.25, 0.3) is 0 Å². The van der Waals surface area contributed by atoms with E-state index in [2.05, 4.69) is 10.6 Å². The summed E-state index contributed by atoms with van der Waals surface area (Å²) in [7, 11) is 0. The van der Waals surface area contributed by atoms with Crippen molar-refractivity contribution in [2.75, 3.05) is 10.6 Å². The Morgan fingerprint density at radius 1 is 0.875 bits per heavy atom. The molecule has 0 bridgehead atoms. The molecule has 0 spiro atoms. The van der Waals surface area contributed by atoms with Gasteiger partial charge in [-0.3, -0.25) is 9.59 Å². The van der Waals surface area contributed by atoms with E-state index in [4.69, 9.17) is 17.3 Å². The molecule has 0 fully saturated rings. The van der Waals surface area contributed by atoms with Crippen LogP contribution in [0.4, 0.5) is 20.6 Å². The molecule has 4 N–H and O–H groups in total. The van der Waals surface area contributed by atoms with E-state index in [-0.39, 0.29) is 27.2 Å². The van der Waals surface area contributed by atoms with E-state index in [1.54, 1.807) is 48.5 Å². The number of nitrogens with one attached hydrogen (secondary N) is 2. The van der Waals surface area contributed by atoms with Crippen LogP contribution in [0, 0.1) is 5.82 Å². The van der Waals surface area contributed by atoms with Gasteiger partial charge < -0.3 is 16.4 Å². The molecule has 1 aliphatic rings. The minimum atomic E-state index is -0.580. The normalized spacial score (nSPS) is 13.1. The van der Waals surface area contributed by atoms with Gasteiger partial charge in [-0.15, -0.1) is 0 Å². The predicted molar refractivity (Wildman–Crippen MR) is 123 cm³/mol. The number of Topliss-reactive ketones (excluding diaryl/α,β-unsaturated/α-hetero) is 2. The highest BCUT2D eigenvalue weighted by Crippen LogP contribution is 2.35. The van der Waals surface area contributed by atoms with Crippen LogP contribution in [0.3, 0.4) is 0 Å². The number of allylic oxidation sites excluding steroid dienone is 2. The maximum absolute atomic E-state index is 13.2. The second-order valence-electron chi connectivity index (χ2n) is 6.78. The molecule has 4 rings (SSSR count). The van der Waals surface area contributed by atoms with Crippen molar-refractivity contribution < 1.29 is 18.8 Å². The fourth-order valence-electron chi connectivity index (χ4n) is 3.06. The molecule has 0 heterocycles. The highest BCUT2D eigenvalue weighted by Gasteiger charge is 2.31. The number of amides is 2. The highest BCUT2D eigenvalue weighted by atomic mass is 35.5. The molecule has 0 saturated carbocycles. The average Bonchev–Trinajstić information content (AvgIpc) is 2.79. The molecule has 3 aromatic rings. The molecule has 0 saturated heterocycles. The van der Waals surface area contributed by atoms with Crippen molar-refractivity contribution >= 4 is 52.3 Å². The summed E-state index contributed by atoms with van der Waals surface area (Å²) in [6.07, 6.45) is 0. The SMILES string of the molecule is NC1=C(Sc2ccc(NC(=O)Nc3ccc(F)c(Cl)c3)cc2)C(=O)c2ccccc2C1=O. The summed E-state index contributed by atoms with van der Waals surface area (Å²) in [4.78, 5) is 38.3. The second-order valence-corrected chi connectivity index (χ2v) is 8.27. The van der Waals surface area contributed by atoms with Gasteiger partial charge in [0, 0.05) is 27.4 Å². The van der Waals surface area contributed by atoms with Crippen molar-refractivity contribution in [3.05, 3.63) is 99.3 Å². The van der Waals surface area contributed by atoms with Crippen LogP contribution in [0.1, 0.15) is 20.7 Å². The lowest BCUT2D eigenvalue weighted by molar-refractivity contribution is 0.0980. The average molecular weight is 468 g/mol. The van der Waals surface area contributed by atoms with Crippen LogP contribution < -0.4 is 16.4 Å². The molecule has 0 atom stereocenters. The zero-order valence-electron chi connectivity index (χ0n) is 16.3. The van der Waals surface area contributed by atoms with Gasteiger partial charge in [-0.25, -0.2) is 9.18 Å². The lowest BCUT2D eigenvalue weighted by Crippen LogP contribution is -2.25. The van der Waals surface area contributed by atoms with Gasteiger partial charge >= 0.3 is 6.03 Å². The maximum atomic E-state index is 13.2. The molecule has 0 unspecified atom stereocenters. The number of halogens is 2. The van der Waals surface area contributed by atoms with Gasteiger partial charge in [0.05, 0.1) is 15.6 Å². The zero-order valence-corrected chi connectivity index (χ0v) is 17.9. The summed E-state index contributed by atoms with van der Waals surface area (Å²) in [6, 6.07) is 16.5. The van der Waals surface area contributed by atoms with Crippen LogP contribution >= 0.6 is 23.4 Å². The number of hydrogen-bond donors (Lipinski definition) is 3. The number of thioether (sulfide) groups is 1. The zero-order chi connectivity index (χ0) is 22.8. The Bertz CT molecular complexity index is 1290. The summed E-state index contributed by atoms with van der Waals surface area (Å²) in [6.45, 7) is 0. The number of ketones is 2. The quantitative estimate of drug-likeness (QED) is 0.472. The number of fused-ring (bicyclic) bond motifs is 1. The molecule has 0 aliphatic heterocycles. The number of nitrogens with two attached hydrogens (primary N) is 1. The van der Waals surface area contributed by atoms with E-state index in [9.17, 15) is 18.8 Å². The molecule has 3 aromatic carbocycles. The number of rotatable bonds is 4. The van der Waals surface area contributed by atoms with Gasteiger partial charge in [-0.2, -0.15) is 0 Å². The molecule has 0 aromatic heterocycles. The topological polar surface area (TPSA) is 101 Å². The van der Waals surface area contributed by atoms with Crippen LogP contribution in [-0.4, -0.2) is 17.6 Å². The molecule has 160 valence electrons. The van der Waals surface area contributed by atoms with Gasteiger partial charge in [0.15, 0.2) is 0 Å². The summed E-state index contributed by atoms with van der Waals surface area (Å²) in [5.74, 6) is -1.26. The van der Waals surface area contributed by atoms with E-state index >= 15 is 0 Å². The van der Waals surface area contributed by atoms with E-state index < -0.39 is 11.8 Å². The lowest BCUT2D eigenvalue weighted by Gasteiger charge is -2.18. The number of urea groups is 1. The van der Waals surface area contributed by atoms with Gasteiger partial charge in [0.1, 0.15) is 5.82 Å². The highest BCUT2D eigenvalue weighted by molar-refractivity contribution is 8.04. The summed E-state index contributed by atoms with van der Waals surface area (Å²) < 4.78 is 13.2. The van der Waals surface area contributed by atoms with Crippen molar-refractivity contribution in [2.24, 2.45) is 5.73 Å². The fourth-order valence-corrected chi connectivity index (χ4v) is 4.16. The van der Waals surface area contributed by atoms with E-state index in [0.29, 0.717) is 27.4 Å². The van der Waals surface area contributed by atoms with Crippen molar-refractivity contribution in [1.29, 1.82) is 0 Å². The van der Waals surface area contributed by atoms with Crippen molar-refractivity contribution in [3.8, 4) is 0 Å². The van der Waals surface area contributed by atoms with Crippen molar-refractivity contribution in [3.63, 3.8) is 0 Å². The van der Waals surface area contributed by atoms with Crippen LogP contribution in [-0.2, 0) is 0 Å². The Labute approximate surface area is 191 Å². The molecule has 32 heavy (non-hydrogen) atoms. The van der Waals surface area contributed by atoms with Crippen LogP contribution in [0.2, 0.25) is 5.02 Å². The smallest absolute Gasteiger partial charge is 0.323 e. The number of benzene rings is 3. The first-order valence-corrected chi connectivity index (χ1v) is 10.5. The molecule has 1 aliphatic carbocycles. The van der Waals surface area contributed by atoms with E-state index in [1.807, 2.05) is 0 Å². The predicted octanol–water partition coefficient (Wildman–Crippen LogP) is 5.46. The first kappa shape index (κ1) is 21.6. The van der Waals surface area contributed by atoms with Gasteiger partial charge in [-0.05, 0) is 42.5 Å². The van der Waals surface area contributed by atoms with E-state index in [1.165, 1.54) is 12.1 Å². The number of carbonyl (C=O) groups is 3. The largest absolute Gasteiger partial charge is 0.395 e. The fraction of sp³-hybridized carbons (Fsp3) is 0. The Balaban J connectivity index is 1.44. The molecule has 2 amide bonds. The van der Waals surface area contributed by atoms with Crippen LogP contribution in [0.15, 0.2) is 82.2 Å². The standard InChI is InChI=1S/C23H15ClFN3O3S/c24-17-11-13(7-10-18(17)25)28-23(31)27-12-5-8-14(9-6-12)32-22-19(26)20(29)15-3-1-2-4-16(15)21(22)30/h1-11H,26H2,(H2,27,28,31). The van der Waals surface area contributed by atoms with Gasteiger partial charge in [0.2, 0.25) is 11.6 Å². The van der Waals surface area contributed by atoms with Crippen molar-refractivity contribution in [2.45, 2.75) is 4.90 Å². The van der Waals surface area contributed by atoms with Crippen LogP contribution in [0.5, 0.6) is 0 Å². The second kappa shape index (κ2) is 8.86. The first-order valence-electron chi connectivity index (χ1n) is 9.32. The molecule has 0 radical (unpaired) electrons. The summed E-state index contributed by atoms with van der Waals surface area (Å²) in [5, 5.41) is 5.09. The minimum absolute atomic E-state index is 0.0850.